The molecule has 1 heterocycles. The number of ether oxygens (including phenoxy) is 2. The second-order valence-electron chi connectivity index (χ2n) is 7.86. The first-order valence-corrected chi connectivity index (χ1v) is 9.48. The molecular weight excluding hydrogens is 375 g/mol. The predicted molar refractivity (Wildman–Crippen MR) is 106 cm³/mol. The van der Waals surface area contributed by atoms with Crippen LogP contribution in [0.4, 0.5) is 4.39 Å². The molecule has 154 valence electrons. The summed E-state index contributed by atoms with van der Waals surface area (Å²) >= 11 is 0. The molecule has 0 atom stereocenters. The minimum atomic E-state index is -0.561. The molecule has 2 amide bonds. The van der Waals surface area contributed by atoms with Crippen molar-refractivity contribution in [3.05, 3.63) is 64.5 Å². The number of rotatable bonds is 4. The van der Waals surface area contributed by atoms with Gasteiger partial charge in [-0.1, -0.05) is 13.0 Å². The van der Waals surface area contributed by atoms with E-state index in [1.165, 1.54) is 24.3 Å². The Morgan fingerprint density at radius 1 is 1.10 bits per heavy atom. The lowest BCUT2D eigenvalue weighted by Crippen LogP contribution is -2.55. The molecule has 0 fully saturated rings. The van der Waals surface area contributed by atoms with Crippen molar-refractivity contribution in [1.29, 1.82) is 0 Å². The second kappa shape index (κ2) is 8.31. The number of hydrogen-bond acceptors (Lipinski definition) is 5. The highest BCUT2D eigenvalue weighted by Crippen LogP contribution is 2.32. The van der Waals surface area contributed by atoms with E-state index in [-0.39, 0.29) is 12.4 Å². The number of imide groups is 1. The van der Waals surface area contributed by atoms with Crippen molar-refractivity contribution in [2.24, 2.45) is 0 Å². The average molecular weight is 400 g/mol. The van der Waals surface area contributed by atoms with Crippen LogP contribution in [-0.4, -0.2) is 29.2 Å². The molecule has 0 saturated carbocycles. The topological polar surface area (TPSA) is 67.9 Å². The van der Waals surface area contributed by atoms with Crippen molar-refractivity contribution in [3.8, 4) is 5.75 Å². The van der Waals surface area contributed by atoms with Gasteiger partial charge in [-0.2, -0.15) is 0 Å². The molecule has 1 aliphatic heterocycles. The average Bonchev–Trinajstić information content (AvgIpc) is 2.70. The zero-order valence-electron chi connectivity index (χ0n) is 17.0. The lowest BCUT2D eigenvalue weighted by atomic mass is 9.98. The Morgan fingerprint density at radius 2 is 1.79 bits per heavy atom. The third-order valence-electron chi connectivity index (χ3n) is 4.41. The normalized spacial score (nSPS) is 13.4. The van der Waals surface area contributed by atoms with Gasteiger partial charge in [0.15, 0.2) is 6.79 Å². The lowest BCUT2D eigenvalue weighted by Gasteiger charge is -2.31. The monoisotopic (exact) mass is 400 g/mol. The van der Waals surface area contributed by atoms with Gasteiger partial charge in [0.2, 0.25) is 0 Å². The Bertz CT molecular complexity index is 920. The van der Waals surface area contributed by atoms with Gasteiger partial charge in [0.1, 0.15) is 11.6 Å². The summed E-state index contributed by atoms with van der Waals surface area (Å²) in [5, 5.41) is 0.994. The van der Waals surface area contributed by atoms with Crippen LogP contribution < -0.4 is 10.2 Å². The summed E-state index contributed by atoms with van der Waals surface area (Å²) in [7, 11) is 0. The van der Waals surface area contributed by atoms with Crippen molar-refractivity contribution in [2.75, 3.05) is 6.79 Å². The summed E-state index contributed by atoms with van der Waals surface area (Å²) in [6.07, 6.45) is 0.554. The third kappa shape index (κ3) is 4.63. The molecule has 0 bridgehead atoms. The van der Waals surface area contributed by atoms with E-state index in [1.54, 1.807) is 12.1 Å². The zero-order chi connectivity index (χ0) is 21.2. The highest BCUT2D eigenvalue weighted by Gasteiger charge is 2.31. The van der Waals surface area contributed by atoms with E-state index < -0.39 is 23.2 Å². The van der Waals surface area contributed by atoms with Gasteiger partial charge in [-0.3, -0.25) is 9.59 Å². The molecule has 7 heteroatoms. The number of amides is 2. The molecule has 0 spiro atoms. The number of nitrogens with zero attached hydrogens (tertiary/aromatic N) is 1. The maximum absolute atomic E-state index is 13.5. The molecule has 0 aliphatic carbocycles. The summed E-state index contributed by atoms with van der Waals surface area (Å²) < 4.78 is 24.2. The minimum Gasteiger partial charge on any atom is -0.467 e. The van der Waals surface area contributed by atoms with Gasteiger partial charge >= 0.3 is 0 Å². The minimum absolute atomic E-state index is 0.121. The van der Waals surface area contributed by atoms with E-state index >= 15 is 0 Å². The van der Waals surface area contributed by atoms with E-state index in [0.29, 0.717) is 24.3 Å². The predicted octanol–water partition coefficient (Wildman–Crippen LogP) is 3.84. The standard InChI is InChI=1S/C22H25FN2O4/c1-5-17-18(11-8-15-12-28-13-29-19(15)17)21(27)25(24-22(2,3)4)20(26)14-6-9-16(23)10-7-14/h6-11,24H,5,12-13H2,1-4H3. The summed E-state index contributed by atoms with van der Waals surface area (Å²) in [5.74, 6) is -0.877. The molecule has 0 aromatic heterocycles. The molecule has 6 nitrogen and oxygen atoms in total. The summed E-state index contributed by atoms with van der Waals surface area (Å²) in [4.78, 5) is 26.6. The van der Waals surface area contributed by atoms with Crippen LogP contribution in [0.1, 0.15) is 59.5 Å². The van der Waals surface area contributed by atoms with E-state index in [1.807, 2.05) is 27.7 Å². The van der Waals surface area contributed by atoms with Crippen LogP contribution in [0.15, 0.2) is 36.4 Å². The molecule has 2 aromatic rings. The molecule has 0 radical (unpaired) electrons. The quantitative estimate of drug-likeness (QED) is 0.624. The molecule has 1 aliphatic rings. The van der Waals surface area contributed by atoms with Crippen molar-refractivity contribution in [3.63, 3.8) is 0 Å². The first-order valence-electron chi connectivity index (χ1n) is 9.48. The van der Waals surface area contributed by atoms with E-state index in [9.17, 15) is 14.0 Å². The fraction of sp³-hybridized carbons (Fsp3) is 0.364. The van der Waals surface area contributed by atoms with Crippen LogP contribution in [0, 0.1) is 5.82 Å². The lowest BCUT2D eigenvalue weighted by molar-refractivity contribution is -0.0171. The smallest absolute Gasteiger partial charge is 0.275 e. The summed E-state index contributed by atoms with van der Waals surface area (Å²) in [5.41, 5.74) is 4.59. The number of hydrogen-bond donors (Lipinski definition) is 1. The molecule has 1 N–H and O–H groups in total. The van der Waals surface area contributed by atoms with Gasteiger partial charge in [-0.25, -0.2) is 14.8 Å². The van der Waals surface area contributed by atoms with Crippen LogP contribution in [0.3, 0.4) is 0 Å². The second-order valence-corrected chi connectivity index (χ2v) is 7.86. The Morgan fingerprint density at radius 3 is 2.41 bits per heavy atom. The van der Waals surface area contributed by atoms with Crippen molar-refractivity contribution < 1.29 is 23.5 Å². The van der Waals surface area contributed by atoms with Gasteiger partial charge in [0.05, 0.1) is 6.61 Å². The fourth-order valence-corrected chi connectivity index (χ4v) is 3.14. The zero-order valence-corrected chi connectivity index (χ0v) is 17.0. The number of hydrazine groups is 1. The largest absolute Gasteiger partial charge is 0.467 e. The van der Waals surface area contributed by atoms with Crippen LogP contribution >= 0.6 is 0 Å². The maximum atomic E-state index is 13.5. The first kappa shape index (κ1) is 21.0. The number of halogens is 1. The SMILES string of the molecule is CCc1c(C(=O)N(NC(C)(C)C)C(=O)c2ccc(F)cc2)ccc2c1OCOC2. The van der Waals surface area contributed by atoms with Crippen molar-refractivity contribution in [1.82, 2.24) is 10.4 Å². The third-order valence-corrected chi connectivity index (χ3v) is 4.41. The van der Waals surface area contributed by atoms with Crippen molar-refractivity contribution in [2.45, 2.75) is 46.3 Å². The number of nitrogens with one attached hydrogen (secondary N) is 1. The van der Waals surface area contributed by atoms with Gasteiger partial charge in [-0.15, -0.1) is 0 Å². The summed E-state index contributed by atoms with van der Waals surface area (Å²) in [6, 6.07) is 8.56. The fourth-order valence-electron chi connectivity index (χ4n) is 3.14. The van der Waals surface area contributed by atoms with Crippen LogP contribution in [0.2, 0.25) is 0 Å². The maximum Gasteiger partial charge on any atom is 0.275 e. The highest BCUT2D eigenvalue weighted by atomic mass is 19.1. The Kier molecular flexibility index (Phi) is 6.00. The molecule has 0 unspecified atom stereocenters. The van der Waals surface area contributed by atoms with Crippen LogP contribution in [-0.2, 0) is 17.8 Å². The first-order chi connectivity index (χ1) is 13.7. The van der Waals surface area contributed by atoms with E-state index in [0.717, 1.165) is 16.1 Å². The highest BCUT2D eigenvalue weighted by molar-refractivity contribution is 6.10. The molecular formula is C22H25FN2O4. The molecule has 0 saturated heterocycles. The van der Waals surface area contributed by atoms with Gasteiger partial charge < -0.3 is 9.47 Å². The molecule has 2 aromatic carbocycles. The molecule has 29 heavy (non-hydrogen) atoms. The Balaban J connectivity index is 2.03. The van der Waals surface area contributed by atoms with E-state index in [4.69, 9.17) is 9.47 Å². The van der Waals surface area contributed by atoms with Gasteiger partial charge in [0, 0.05) is 27.8 Å². The number of carbonyl (C=O) groups excluding carboxylic acids is 2. The van der Waals surface area contributed by atoms with Crippen LogP contribution in [0.25, 0.3) is 0 Å². The van der Waals surface area contributed by atoms with Gasteiger partial charge in [0.25, 0.3) is 11.8 Å². The Labute approximate surface area is 169 Å². The Hall–Kier alpha value is -2.77. The van der Waals surface area contributed by atoms with E-state index in [2.05, 4.69) is 5.43 Å². The van der Waals surface area contributed by atoms with Crippen molar-refractivity contribution >= 4 is 11.8 Å². The number of benzene rings is 2. The number of fused-ring (bicyclic) bond motifs is 1. The van der Waals surface area contributed by atoms with Crippen LogP contribution in [0.5, 0.6) is 5.75 Å². The molecule has 3 rings (SSSR count). The summed E-state index contributed by atoms with van der Waals surface area (Å²) in [6.45, 7) is 8.00. The van der Waals surface area contributed by atoms with Gasteiger partial charge in [-0.05, 0) is 57.5 Å². The number of carbonyl (C=O) groups is 2.